The number of rotatable bonds is 5. The lowest BCUT2D eigenvalue weighted by Crippen LogP contribution is -2.47. The molecule has 0 aromatic heterocycles. The second-order valence-electron chi connectivity index (χ2n) is 6.58. The second kappa shape index (κ2) is 6.71. The number of nitrogens with zero attached hydrogens (tertiary/aromatic N) is 1. The molecule has 0 radical (unpaired) electrons. The first kappa shape index (κ1) is 14.8. The highest BCUT2D eigenvalue weighted by atomic mass is 16.1. The molecule has 19 heavy (non-hydrogen) atoms. The summed E-state index contributed by atoms with van der Waals surface area (Å²) in [6.45, 7) is 5.44. The zero-order chi connectivity index (χ0) is 13.7. The Balaban J connectivity index is 1.69. The van der Waals surface area contributed by atoms with Crippen molar-refractivity contribution < 1.29 is 4.79 Å². The molecule has 4 nitrogen and oxygen atoms in total. The Hall–Kier alpha value is -0.610. The van der Waals surface area contributed by atoms with Crippen LogP contribution in [0, 0.1) is 0 Å². The molecule has 0 bridgehead atoms. The summed E-state index contributed by atoms with van der Waals surface area (Å²) in [5, 5.41) is 3.12. The summed E-state index contributed by atoms with van der Waals surface area (Å²) in [5.74, 6) is 0.133. The van der Waals surface area contributed by atoms with Crippen LogP contribution in [-0.4, -0.2) is 42.0 Å². The first-order valence-corrected chi connectivity index (χ1v) is 7.88. The van der Waals surface area contributed by atoms with E-state index in [2.05, 4.69) is 17.1 Å². The molecule has 1 atom stereocenters. The monoisotopic (exact) mass is 267 g/mol. The minimum atomic E-state index is -0.227. The predicted octanol–water partition coefficient (Wildman–Crippen LogP) is 1.64. The van der Waals surface area contributed by atoms with E-state index in [-0.39, 0.29) is 17.5 Å². The Morgan fingerprint density at radius 3 is 2.47 bits per heavy atom. The molecular weight excluding hydrogens is 238 g/mol. The number of hydrogen-bond acceptors (Lipinski definition) is 3. The third-order valence-corrected chi connectivity index (χ3v) is 4.50. The van der Waals surface area contributed by atoms with Gasteiger partial charge in [-0.15, -0.1) is 0 Å². The van der Waals surface area contributed by atoms with Crippen LogP contribution in [0.15, 0.2) is 0 Å². The van der Waals surface area contributed by atoms with Gasteiger partial charge in [0.2, 0.25) is 5.91 Å². The number of carbonyl (C=O) groups is 1. The largest absolute Gasteiger partial charge is 0.352 e. The predicted molar refractivity (Wildman–Crippen MR) is 77.9 cm³/mol. The van der Waals surface area contributed by atoms with Gasteiger partial charge in [0.25, 0.3) is 0 Å². The maximum absolute atomic E-state index is 12.0. The maximum Gasteiger partial charge on any atom is 0.222 e. The Bertz CT molecular complexity index is 294. The highest BCUT2D eigenvalue weighted by molar-refractivity contribution is 5.77. The molecule has 1 aliphatic heterocycles. The molecule has 1 saturated carbocycles. The van der Waals surface area contributed by atoms with E-state index in [1.54, 1.807) is 0 Å². The van der Waals surface area contributed by atoms with Gasteiger partial charge in [0, 0.05) is 24.5 Å². The number of hydrogen-bond donors (Lipinski definition) is 2. The van der Waals surface area contributed by atoms with Gasteiger partial charge in [-0.2, -0.15) is 0 Å². The second-order valence-corrected chi connectivity index (χ2v) is 6.58. The van der Waals surface area contributed by atoms with Gasteiger partial charge in [-0.1, -0.05) is 19.3 Å². The lowest BCUT2D eigenvalue weighted by atomic mass is 9.94. The van der Waals surface area contributed by atoms with Crippen molar-refractivity contribution in [2.45, 2.75) is 69.9 Å². The van der Waals surface area contributed by atoms with Crippen LogP contribution in [0.3, 0.4) is 0 Å². The molecule has 1 heterocycles. The molecule has 0 aromatic carbocycles. The van der Waals surface area contributed by atoms with Crippen molar-refractivity contribution in [1.82, 2.24) is 10.2 Å². The lowest BCUT2D eigenvalue weighted by molar-refractivity contribution is -0.123. The first-order chi connectivity index (χ1) is 9.07. The summed E-state index contributed by atoms with van der Waals surface area (Å²) < 4.78 is 0. The third kappa shape index (κ3) is 4.77. The summed E-state index contributed by atoms with van der Waals surface area (Å²) in [6, 6.07) is 0.232. The van der Waals surface area contributed by atoms with E-state index in [0.717, 1.165) is 19.4 Å². The topological polar surface area (TPSA) is 58.4 Å². The maximum atomic E-state index is 12.0. The quantitative estimate of drug-likeness (QED) is 0.796. The highest BCUT2D eigenvalue weighted by Crippen LogP contribution is 2.29. The van der Waals surface area contributed by atoms with Crippen molar-refractivity contribution in [3.8, 4) is 0 Å². The molecule has 1 aliphatic carbocycles. The van der Waals surface area contributed by atoms with Gasteiger partial charge >= 0.3 is 0 Å². The van der Waals surface area contributed by atoms with E-state index >= 15 is 0 Å². The van der Waals surface area contributed by atoms with E-state index in [4.69, 9.17) is 5.73 Å². The Morgan fingerprint density at radius 1 is 1.21 bits per heavy atom. The molecule has 1 unspecified atom stereocenters. The van der Waals surface area contributed by atoms with Crippen molar-refractivity contribution in [3.63, 3.8) is 0 Å². The van der Waals surface area contributed by atoms with Gasteiger partial charge in [0.05, 0.1) is 0 Å². The normalized spacial score (nSPS) is 25.2. The molecule has 1 saturated heterocycles. The highest BCUT2D eigenvalue weighted by Gasteiger charge is 2.32. The summed E-state index contributed by atoms with van der Waals surface area (Å²) in [6.07, 6.45) is 8.80. The molecule has 2 rings (SSSR count). The molecule has 1 amide bonds. The summed E-state index contributed by atoms with van der Waals surface area (Å²) in [5.41, 5.74) is 6.02. The number of nitrogens with two attached hydrogens (primary N) is 1. The van der Waals surface area contributed by atoms with Crippen LogP contribution in [0.5, 0.6) is 0 Å². The minimum Gasteiger partial charge on any atom is -0.352 e. The van der Waals surface area contributed by atoms with Crippen LogP contribution in [-0.2, 0) is 4.79 Å². The minimum absolute atomic E-state index is 0.133. The SMILES string of the molecule is CC(CN1CCCCC1)NC(=O)CC1(N)CCCC1. The fraction of sp³-hybridized carbons (Fsp3) is 0.933. The molecule has 2 aliphatic rings. The summed E-state index contributed by atoms with van der Waals surface area (Å²) in [4.78, 5) is 14.5. The van der Waals surface area contributed by atoms with Crippen LogP contribution in [0.2, 0.25) is 0 Å². The van der Waals surface area contributed by atoms with Crippen molar-refractivity contribution in [2.75, 3.05) is 19.6 Å². The van der Waals surface area contributed by atoms with Crippen molar-refractivity contribution in [3.05, 3.63) is 0 Å². The molecule has 3 N–H and O–H groups in total. The number of amides is 1. The summed E-state index contributed by atoms with van der Waals surface area (Å²) >= 11 is 0. The molecule has 2 fully saturated rings. The first-order valence-electron chi connectivity index (χ1n) is 7.88. The van der Waals surface area contributed by atoms with Crippen LogP contribution in [0.1, 0.15) is 58.3 Å². The van der Waals surface area contributed by atoms with Gasteiger partial charge in [0.15, 0.2) is 0 Å². The van der Waals surface area contributed by atoms with Gasteiger partial charge in [-0.3, -0.25) is 4.79 Å². The van der Waals surface area contributed by atoms with E-state index in [1.807, 2.05) is 0 Å². The Labute approximate surface area is 117 Å². The van der Waals surface area contributed by atoms with Gasteiger partial charge in [-0.25, -0.2) is 0 Å². The Morgan fingerprint density at radius 2 is 1.84 bits per heavy atom. The number of carbonyl (C=O) groups excluding carboxylic acids is 1. The van der Waals surface area contributed by atoms with Gasteiger partial charge in [-0.05, 0) is 45.7 Å². The van der Waals surface area contributed by atoms with E-state index in [1.165, 1.54) is 45.2 Å². The number of likely N-dealkylation sites (tertiary alicyclic amines) is 1. The zero-order valence-corrected chi connectivity index (χ0v) is 12.3. The smallest absolute Gasteiger partial charge is 0.222 e. The van der Waals surface area contributed by atoms with Crippen molar-refractivity contribution in [2.24, 2.45) is 5.73 Å². The average Bonchev–Trinajstić information content (AvgIpc) is 2.76. The van der Waals surface area contributed by atoms with Crippen LogP contribution >= 0.6 is 0 Å². The third-order valence-electron chi connectivity index (χ3n) is 4.50. The fourth-order valence-corrected chi connectivity index (χ4v) is 3.48. The standard InChI is InChI=1S/C15H29N3O/c1-13(12-18-9-5-2-6-10-18)17-14(19)11-15(16)7-3-4-8-15/h13H,2-12,16H2,1H3,(H,17,19). The lowest BCUT2D eigenvalue weighted by Gasteiger charge is -2.30. The molecule has 110 valence electrons. The number of piperidine rings is 1. The van der Waals surface area contributed by atoms with Gasteiger partial charge in [0.1, 0.15) is 0 Å². The van der Waals surface area contributed by atoms with E-state index in [0.29, 0.717) is 6.42 Å². The number of nitrogens with one attached hydrogen (secondary N) is 1. The van der Waals surface area contributed by atoms with Crippen molar-refractivity contribution in [1.29, 1.82) is 0 Å². The van der Waals surface area contributed by atoms with Crippen LogP contribution in [0.4, 0.5) is 0 Å². The molecule has 0 spiro atoms. The van der Waals surface area contributed by atoms with Crippen LogP contribution < -0.4 is 11.1 Å². The van der Waals surface area contributed by atoms with Gasteiger partial charge < -0.3 is 16.0 Å². The molecule has 0 aromatic rings. The van der Waals surface area contributed by atoms with E-state index in [9.17, 15) is 4.79 Å². The van der Waals surface area contributed by atoms with E-state index < -0.39 is 0 Å². The molecule has 4 heteroatoms. The Kier molecular flexibility index (Phi) is 5.22. The van der Waals surface area contributed by atoms with Crippen LogP contribution in [0.25, 0.3) is 0 Å². The zero-order valence-electron chi connectivity index (χ0n) is 12.3. The summed E-state index contributed by atoms with van der Waals surface area (Å²) in [7, 11) is 0. The molecular formula is C15H29N3O. The van der Waals surface area contributed by atoms with Crippen molar-refractivity contribution >= 4 is 5.91 Å². The average molecular weight is 267 g/mol. The fourth-order valence-electron chi connectivity index (χ4n) is 3.48.